The Morgan fingerprint density at radius 2 is 1.20 bits per heavy atom. The van der Waals surface area contributed by atoms with Crippen LogP contribution in [0.2, 0.25) is 0 Å². The lowest BCUT2D eigenvalue weighted by Crippen LogP contribution is -2.37. The van der Waals surface area contributed by atoms with E-state index in [1.807, 2.05) is 42.5 Å². The number of allylic oxidation sites excluding steroid dienone is 3. The molecule has 0 heterocycles. The third-order valence-electron chi connectivity index (χ3n) is 8.65. The second-order valence-electron chi connectivity index (χ2n) is 11.1. The number of hydrogen-bond donors (Lipinski definition) is 0. The molecule has 1 fully saturated rings. The first-order valence-electron chi connectivity index (χ1n) is 13.8. The van der Waals surface area contributed by atoms with Crippen LogP contribution < -0.4 is 4.74 Å². The summed E-state index contributed by atoms with van der Waals surface area (Å²) in [4.78, 5) is 0. The molecule has 5 nitrogen and oxygen atoms in total. The average molecular weight is 607 g/mol. The van der Waals surface area contributed by atoms with Gasteiger partial charge in [0.05, 0.1) is 0 Å². The molecule has 3 aromatic rings. The molecule has 10 heteroatoms. The summed E-state index contributed by atoms with van der Waals surface area (Å²) in [7, 11) is 0. The molecule has 0 aliphatic heterocycles. The van der Waals surface area contributed by atoms with Gasteiger partial charge >= 0.3 is 6.36 Å². The molecule has 0 N–H and O–H groups in total. The highest BCUT2D eigenvalue weighted by Crippen LogP contribution is 2.56. The van der Waals surface area contributed by atoms with Crippen molar-refractivity contribution in [2.75, 3.05) is 0 Å². The molecule has 0 atom stereocenters. The molecule has 3 aliphatic carbocycles. The lowest BCUT2D eigenvalue weighted by Gasteiger charge is -2.40. The van der Waals surface area contributed by atoms with Gasteiger partial charge in [0.25, 0.3) is 5.92 Å². The quantitative estimate of drug-likeness (QED) is 0.113. The van der Waals surface area contributed by atoms with Crippen molar-refractivity contribution in [3.8, 4) is 52.3 Å². The smallest absolute Gasteiger partial charge is 0.406 e. The molecule has 0 unspecified atom stereocenters. The predicted octanol–water partition coefficient (Wildman–Crippen LogP) is 8.95. The maximum absolute atomic E-state index is 14.4. The van der Waals surface area contributed by atoms with Gasteiger partial charge in [-0.05, 0) is 93.1 Å². The molecular weight excluding hydrogens is 587 g/mol. The van der Waals surface area contributed by atoms with E-state index in [0.717, 1.165) is 17.7 Å². The van der Waals surface area contributed by atoms with Crippen LogP contribution in [-0.2, 0) is 0 Å². The van der Waals surface area contributed by atoms with Crippen LogP contribution in [0.1, 0.15) is 53.0 Å². The van der Waals surface area contributed by atoms with Gasteiger partial charge in [0, 0.05) is 23.5 Å². The zero-order valence-electron chi connectivity index (χ0n) is 23.3. The Hall–Kier alpha value is -5.71. The molecule has 0 spiro atoms. The second-order valence-corrected chi connectivity index (χ2v) is 11.1. The Labute approximate surface area is 254 Å². The SMILES string of the molecule is C=CCC(F)(F)C1CC(c2ccc3c(c2)C(=C(C#N)C#N)c2cc4c(cc2-3)-c2ccc(OC(F)(F)F)cc2C4=C(C#N)C#N)C1. The largest absolute Gasteiger partial charge is 0.573 e. The van der Waals surface area contributed by atoms with E-state index in [-0.39, 0.29) is 41.0 Å². The molecule has 0 radical (unpaired) electrons. The number of benzene rings is 3. The van der Waals surface area contributed by atoms with E-state index in [1.54, 1.807) is 12.1 Å². The van der Waals surface area contributed by atoms with E-state index in [0.29, 0.717) is 44.5 Å². The number of fused-ring (bicyclic) bond motifs is 6. The Balaban J connectivity index is 1.51. The lowest BCUT2D eigenvalue weighted by molar-refractivity contribution is -0.274. The highest BCUT2D eigenvalue weighted by atomic mass is 19.4. The van der Waals surface area contributed by atoms with Crippen LogP contribution in [0.5, 0.6) is 5.75 Å². The van der Waals surface area contributed by atoms with Crippen molar-refractivity contribution in [3.63, 3.8) is 0 Å². The van der Waals surface area contributed by atoms with Gasteiger partial charge < -0.3 is 4.74 Å². The normalized spacial score (nSPS) is 17.3. The molecule has 45 heavy (non-hydrogen) atoms. The summed E-state index contributed by atoms with van der Waals surface area (Å²) in [6.07, 6.45) is -3.59. The summed E-state index contributed by atoms with van der Waals surface area (Å²) in [5.41, 5.74) is 4.62. The Morgan fingerprint density at radius 3 is 1.71 bits per heavy atom. The van der Waals surface area contributed by atoms with Gasteiger partial charge in [-0.3, -0.25) is 0 Å². The van der Waals surface area contributed by atoms with Crippen LogP contribution >= 0.6 is 0 Å². The highest BCUT2D eigenvalue weighted by molar-refractivity contribution is 6.11. The molecule has 0 amide bonds. The third-order valence-corrected chi connectivity index (χ3v) is 8.65. The minimum absolute atomic E-state index is 0.104. The van der Waals surface area contributed by atoms with Crippen molar-refractivity contribution < 1.29 is 26.7 Å². The fourth-order valence-electron chi connectivity index (χ4n) is 6.58. The van der Waals surface area contributed by atoms with E-state index in [9.17, 15) is 43.0 Å². The van der Waals surface area contributed by atoms with Crippen LogP contribution in [0, 0.1) is 51.2 Å². The number of ether oxygens (including phenoxy) is 1. The fourth-order valence-corrected chi connectivity index (χ4v) is 6.58. The van der Waals surface area contributed by atoms with Crippen molar-refractivity contribution >= 4 is 11.1 Å². The van der Waals surface area contributed by atoms with Crippen molar-refractivity contribution in [3.05, 3.63) is 100 Å². The summed E-state index contributed by atoms with van der Waals surface area (Å²) in [5, 5.41) is 39.3. The van der Waals surface area contributed by atoms with Crippen molar-refractivity contribution in [1.29, 1.82) is 21.0 Å². The topological polar surface area (TPSA) is 104 Å². The number of rotatable bonds is 5. The maximum Gasteiger partial charge on any atom is 0.573 e. The molecule has 0 aromatic heterocycles. The predicted molar refractivity (Wildman–Crippen MR) is 154 cm³/mol. The first kappa shape index (κ1) is 29.4. The zero-order chi connectivity index (χ0) is 32.3. The Morgan fingerprint density at radius 1 is 0.711 bits per heavy atom. The lowest BCUT2D eigenvalue weighted by atomic mass is 9.67. The first-order valence-corrected chi connectivity index (χ1v) is 13.8. The fraction of sp³-hybridized carbons (Fsp3) is 0.200. The number of halogens is 5. The molecule has 3 aliphatic rings. The number of nitriles is 4. The van der Waals surface area contributed by atoms with Crippen LogP contribution in [-0.4, -0.2) is 12.3 Å². The van der Waals surface area contributed by atoms with Gasteiger partial charge in [0.15, 0.2) is 0 Å². The first-order chi connectivity index (χ1) is 21.4. The molecule has 1 saturated carbocycles. The van der Waals surface area contributed by atoms with Gasteiger partial charge in [-0.2, -0.15) is 21.0 Å². The van der Waals surface area contributed by atoms with Gasteiger partial charge in [-0.1, -0.05) is 30.3 Å². The number of alkyl halides is 5. The van der Waals surface area contributed by atoms with Gasteiger partial charge in [0.2, 0.25) is 0 Å². The van der Waals surface area contributed by atoms with Crippen molar-refractivity contribution in [2.45, 2.75) is 37.5 Å². The van der Waals surface area contributed by atoms with Crippen molar-refractivity contribution in [2.24, 2.45) is 5.92 Å². The Kier molecular flexibility index (Phi) is 6.84. The molecule has 220 valence electrons. The molecular formula is C35H19F5N4O. The monoisotopic (exact) mass is 606 g/mol. The standard InChI is InChI=1S/C35H19F5N4O/c1-2-7-34(36,37)22-8-19(9-22)18-3-5-24-26-12-27-25-6-4-23(45-35(38,39)40)11-29(25)33(21(16-43)17-44)31(27)13-30(26)32(28(24)10-18)20(14-41)15-42/h2-6,10-13,19,22H,1,7-9H2. The van der Waals surface area contributed by atoms with Crippen LogP contribution in [0.25, 0.3) is 33.4 Å². The summed E-state index contributed by atoms with van der Waals surface area (Å²) in [6.45, 7) is 3.42. The van der Waals surface area contributed by atoms with Crippen LogP contribution in [0.4, 0.5) is 22.0 Å². The third kappa shape index (κ3) is 4.73. The minimum Gasteiger partial charge on any atom is -0.406 e. The summed E-state index contributed by atoms with van der Waals surface area (Å²) < 4.78 is 71.9. The minimum atomic E-state index is -4.96. The van der Waals surface area contributed by atoms with E-state index in [1.165, 1.54) is 12.1 Å². The summed E-state index contributed by atoms with van der Waals surface area (Å²) >= 11 is 0. The zero-order valence-corrected chi connectivity index (χ0v) is 23.3. The molecule has 0 bridgehead atoms. The average Bonchev–Trinajstić information content (AvgIpc) is 3.43. The van der Waals surface area contributed by atoms with Crippen LogP contribution in [0.15, 0.2) is 72.3 Å². The van der Waals surface area contributed by atoms with E-state index in [4.69, 9.17) is 0 Å². The molecule has 3 aromatic carbocycles. The molecule has 0 saturated heterocycles. The summed E-state index contributed by atoms with van der Waals surface area (Å²) in [6, 6.07) is 20.1. The second kappa shape index (κ2) is 10.5. The highest BCUT2D eigenvalue weighted by Gasteiger charge is 2.47. The number of nitrogens with zero attached hydrogens (tertiary/aromatic N) is 4. The van der Waals surface area contributed by atoms with E-state index < -0.39 is 30.4 Å². The van der Waals surface area contributed by atoms with E-state index in [2.05, 4.69) is 11.3 Å². The van der Waals surface area contributed by atoms with Crippen molar-refractivity contribution in [1.82, 2.24) is 0 Å². The maximum atomic E-state index is 14.4. The van der Waals surface area contributed by atoms with Crippen LogP contribution in [0.3, 0.4) is 0 Å². The van der Waals surface area contributed by atoms with Gasteiger partial charge in [-0.25, -0.2) is 8.78 Å². The Bertz CT molecular complexity index is 2020. The number of hydrogen-bond acceptors (Lipinski definition) is 5. The van der Waals surface area contributed by atoms with E-state index >= 15 is 0 Å². The van der Waals surface area contributed by atoms with Gasteiger partial charge in [0.1, 0.15) is 41.2 Å². The molecule has 6 rings (SSSR count). The van der Waals surface area contributed by atoms with Gasteiger partial charge in [-0.15, -0.1) is 19.8 Å². The summed E-state index contributed by atoms with van der Waals surface area (Å²) in [5.74, 6) is -4.29.